The minimum atomic E-state index is -0.289. The number of methoxy groups -OCH3 is 1. The van der Waals surface area contributed by atoms with Gasteiger partial charge in [-0.2, -0.15) is 0 Å². The van der Waals surface area contributed by atoms with E-state index >= 15 is 0 Å². The van der Waals surface area contributed by atoms with E-state index in [0.29, 0.717) is 26.2 Å². The molecule has 1 aromatic heterocycles. The van der Waals surface area contributed by atoms with Crippen molar-refractivity contribution in [2.45, 2.75) is 19.1 Å². The topological polar surface area (TPSA) is 45.7 Å². The third-order valence-electron chi connectivity index (χ3n) is 5.58. The molecule has 4 rings (SSSR count). The van der Waals surface area contributed by atoms with Crippen LogP contribution in [0.1, 0.15) is 22.7 Å². The molecule has 3 aromatic rings. The lowest BCUT2D eigenvalue weighted by atomic mass is 10.0. The molecule has 1 aliphatic rings. The van der Waals surface area contributed by atoms with Gasteiger partial charge >= 0.3 is 0 Å². The van der Waals surface area contributed by atoms with Gasteiger partial charge in [0, 0.05) is 32.0 Å². The molecule has 0 radical (unpaired) electrons. The molecule has 0 fully saturated rings. The predicted molar refractivity (Wildman–Crippen MR) is 121 cm³/mol. The number of nitrogens with zero attached hydrogens (tertiary/aromatic N) is 3. The van der Waals surface area contributed by atoms with Gasteiger partial charge in [0.1, 0.15) is 11.6 Å². The Hall–Kier alpha value is -3.51. The first-order chi connectivity index (χ1) is 15.6. The van der Waals surface area contributed by atoms with Gasteiger partial charge in [0.05, 0.1) is 19.7 Å². The lowest BCUT2D eigenvalue weighted by molar-refractivity contribution is -0.135. The van der Waals surface area contributed by atoms with Crippen LogP contribution in [0.5, 0.6) is 5.75 Å². The number of pyridine rings is 1. The molecule has 6 heteroatoms. The Balaban J connectivity index is 1.62. The molecule has 0 N–H and O–H groups in total. The average Bonchev–Trinajstić information content (AvgIpc) is 2.81. The molecule has 32 heavy (non-hydrogen) atoms. The fraction of sp³-hybridized carbons (Fsp3) is 0.231. The highest BCUT2D eigenvalue weighted by Gasteiger charge is 2.27. The zero-order chi connectivity index (χ0) is 22.3. The maximum Gasteiger partial charge on any atom is 0.237 e. The highest BCUT2D eigenvalue weighted by atomic mass is 19.1. The summed E-state index contributed by atoms with van der Waals surface area (Å²) in [6.07, 6.45) is 7.71. The van der Waals surface area contributed by atoms with E-state index in [2.05, 4.69) is 22.0 Å². The Bertz CT molecular complexity index is 1050. The SMILES string of the molecule is COc1ccc([C@H]2/C=C\CN(Cc3ccncc3)CC(=O)N2Cc2ccc(F)cc2)cc1. The monoisotopic (exact) mass is 431 g/mol. The first-order valence-corrected chi connectivity index (χ1v) is 10.6. The van der Waals surface area contributed by atoms with E-state index in [1.807, 2.05) is 41.3 Å². The second-order valence-corrected chi connectivity index (χ2v) is 7.82. The second kappa shape index (κ2) is 10.2. The molecule has 0 spiro atoms. The predicted octanol–water partition coefficient (Wildman–Crippen LogP) is 4.37. The summed E-state index contributed by atoms with van der Waals surface area (Å²) >= 11 is 0. The Morgan fingerprint density at radius 1 is 0.969 bits per heavy atom. The Kier molecular flexibility index (Phi) is 6.92. The van der Waals surface area contributed by atoms with E-state index in [1.165, 1.54) is 12.1 Å². The number of ether oxygens (including phenoxy) is 1. The minimum absolute atomic E-state index is 0.0218. The van der Waals surface area contributed by atoms with E-state index in [4.69, 9.17) is 4.74 Å². The van der Waals surface area contributed by atoms with E-state index in [-0.39, 0.29) is 17.8 Å². The van der Waals surface area contributed by atoms with Crippen molar-refractivity contribution in [2.75, 3.05) is 20.2 Å². The van der Waals surface area contributed by atoms with Crippen molar-refractivity contribution in [1.82, 2.24) is 14.8 Å². The zero-order valence-electron chi connectivity index (χ0n) is 18.0. The van der Waals surface area contributed by atoms with E-state index in [0.717, 1.165) is 22.4 Å². The van der Waals surface area contributed by atoms with Crippen LogP contribution in [0.15, 0.2) is 85.2 Å². The standard InChI is InChI=1S/C26H26FN3O2/c1-32-24-10-6-22(7-11-24)25-3-2-16-29(17-21-12-14-28-15-13-21)19-26(31)30(25)18-20-4-8-23(27)9-5-20/h2-15,25H,16-19H2,1H3/b3-2-/t25-/m1/s1. The van der Waals surface area contributed by atoms with E-state index < -0.39 is 0 Å². The summed E-state index contributed by atoms with van der Waals surface area (Å²) in [6.45, 7) is 2.02. The summed E-state index contributed by atoms with van der Waals surface area (Å²) in [5.74, 6) is 0.500. The number of halogens is 1. The molecule has 1 aliphatic heterocycles. The molecule has 0 bridgehead atoms. The quantitative estimate of drug-likeness (QED) is 0.544. The molecule has 0 unspecified atom stereocenters. The van der Waals surface area contributed by atoms with Crippen LogP contribution < -0.4 is 4.74 Å². The van der Waals surface area contributed by atoms with Crippen molar-refractivity contribution in [2.24, 2.45) is 0 Å². The first kappa shape index (κ1) is 21.7. The molecule has 2 heterocycles. The minimum Gasteiger partial charge on any atom is -0.497 e. The zero-order valence-corrected chi connectivity index (χ0v) is 18.0. The van der Waals surface area contributed by atoms with Crippen molar-refractivity contribution in [3.8, 4) is 5.75 Å². The Labute approximate surface area is 187 Å². The van der Waals surface area contributed by atoms with Crippen molar-refractivity contribution in [3.05, 3.63) is 108 Å². The number of rotatable bonds is 6. The molecule has 2 aromatic carbocycles. The first-order valence-electron chi connectivity index (χ1n) is 10.6. The summed E-state index contributed by atoms with van der Waals surface area (Å²) in [7, 11) is 1.63. The Morgan fingerprint density at radius 3 is 2.34 bits per heavy atom. The second-order valence-electron chi connectivity index (χ2n) is 7.82. The third-order valence-corrected chi connectivity index (χ3v) is 5.58. The molecule has 0 saturated carbocycles. The van der Waals surface area contributed by atoms with Gasteiger partial charge in [0.15, 0.2) is 0 Å². The smallest absolute Gasteiger partial charge is 0.237 e. The summed E-state index contributed by atoms with van der Waals surface area (Å²) in [5.41, 5.74) is 2.99. The van der Waals surface area contributed by atoms with Crippen LogP contribution in [0.25, 0.3) is 0 Å². The van der Waals surface area contributed by atoms with E-state index in [9.17, 15) is 9.18 Å². The van der Waals surface area contributed by atoms with Crippen LogP contribution in [-0.2, 0) is 17.9 Å². The number of aromatic nitrogens is 1. The highest BCUT2D eigenvalue weighted by Crippen LogP contribution is 2.28. The fourth-order valence-electron chi connectivity index (χ4n) is 3.88. The van der Waals surface area contributed by atoms with Crippen LogP contribution in [-0.4, -0.2) is 40.9 Å². The molecule has 0 aliphatic carbocycles. The normalized spacial score (nSPS) is 18.1. The van der Waals surface area contributed by atoms with E-state index in [1.54, 1.807) is 31.6 Å². The molecular formula is C26H26FN3O2. The van der Waals surface area contributed by atoms with Crippen LogP contribution >= 0.6 is 0 Å². The van der Waals surface area contributed by atoms with Crippen LogP contribution in [0, 0.1) is 5.82 Å². The molecule has 1 atom stereocenters. The molecule has 5 nitrogen and oxygen atoms in total. The number of carbonyl (C=O) groups is 1. The summed E-state index contributed by atoms with van der Waals surface area (Å²) in [6, 6.07) is 17.8. The molecular weight excluding hydrogens is 405 g/mol. The summed E-state index contributed by atoms with van der Waals surface area (Å²) in [5, 5.41) is 0. The highest BCUT2D eigenvalue weighted by molar-refractivity contribution is 5.79. The average molecular weight is 432 g/mol. The largest absolute Gasteiger partial charge is 0.497 e. The van der Waals surface area contributed by atoms with Gasteiger partial charge in [0.2, 0.25) is 5.91 Å². The third kappa shape index (κ3) is 5.39. The van der Waals surface area contributed by atoms with Crippen LogP contribution in [0.2, 0.25) is 0 Å². The molecule has 0 saturated heterocycles. The number of carbonyl (C=O) groups excluding carboxylic acids is 1. The van der Waals surface area contributed by atoms with Crippen molar-refractivity contribution < 1.29 is 13.9 Å². The lowest BCUT2D eigenvalue weighted by Gasteiger charge is -2.34. The lowest BCUT2D eigenvalue weighted by Crippen LogP contribution is -2.43. The number of hydrogen-bond acceptors (Lipinski definition) is 4. The molecule has 1 amide bonds. The van der Waals surface area contributed by atoms with Gasteiger partial charge in [-0.1, -0.05) is 36.4 Å². The fourth-order valence-corrected chi connectivity index (χ4v) is 3.88. The van der Waals surface area contributed by atoms with Gasteiger partial charge in [-0.15, -0.1) is 0 Å². The van der Waals surface area contributed by atoms with Crippen molar-refractivity contribution in [3.63, 3.8) is 0 Å². The summed E-state index contributed by atoms with van der Waals surface area (Å²) < 4.78 is 18.7. The number of benzene rings is 2. The van der Waals surface area contributed by atoms with Crippen molar-refractivity contribution >= 4 is 5.91 Å². The van der Waals surface area contributed by atoms with Crippen molar-refractivity contribution in [1.29, 1.82) is 0 Å². The van der Waals surface area contributed by atoms with Gasteiger partial charge < -0.3 is 9.64 Å². The van der Waals surface area contributed by atoms with Crippen LogP contribution in [0.4, 0.5) is 4.39 Å². The van der Waals surface area contributed by atoms with Crippen LogP contribution in [0.3, 0.4) is 0 Å². The maximum absolute atomic E-state index is 13.5. The van der Waals surface area contributed by atoms with Gasteiger partial charge in [0.25, 0.3) is 0 Å². The van der Waals surface area contributed by atoms with Gasteiger partial charge in [-0.05, 0) is 53.1 Å². The number of hydrogen-bond donors (Lipinski definition) is 0. The number of amides is 1. The van der Waals surface area contributed by atoms with Gasteiger partial charge in [-0.3, -0.25) is 14.7 Å². The van der Waals surface area contributed by atoms with Gasteiger partial charge in [-0.25, -0.2) is 4.39 Å². The summed E-state index contributed by atoms with van der Waals surface area (Å²) in [4.78, 5) is 21.5. The molecule has 164 valence electrons. The maximum atomic E-state index is 13.5. The Morgan fingerprint density at radius 2 is 1.66 bits per heavy atom.